The summed E-state index contributed by atoms with van der Waals surface area (Å²) in [6.45, 7) is 2.35. The fourth-order valence-corrected chi connectivity index (χ4v) is 4.41. The average molecular weight is 380 g/mol. The van der Waals surface area contributed by atoms with Gasteiger partial charge >= 0.3 is 0 Å². The van der Waals surface area contributed by atoms with Gasteiger partial charge in [0.1, 0.15) is 5.82 Å². The Hall–Kier alpha value is -2.69. The zero-order valence-electron chi connectivity index (χ0n) is 15.9. The standard InChI is InChI=1S/C23H25FN2O2/c24-21-12-6-5-11-18(21)22(27)26-15-19(17-9-3-1-4-10-17)20(16-26)23(28)25-13-7-2-8-14-25/h1,3-6,9-12,19-20H,2,7-8,13-16H2. The molecular formula is C23H25FN2O2. The summed E-state index contributed by atoms with van der Waals surface area (Å²) in [5.74, 6) is -1.08. The molecule has 2 aliphatic rings. The van der Waals surface area contributed by atoms with E-state index >= 15 is 0 Å². The van der Waals surface area contributed by atoms with Gasteiger partial charge in [0.05, 0.1) is 11.5 Å². The first kappa shape index (κ1) is 18.7. The highest BCUT2D eigenvalue weighted by Crippen LogP contribution is 2.35. The van der Waals surface area contributed by atoms with Crippen LogP contribution in [0, 0.1) is 11.7 Å². The Labute approximate surface area is 164 Å². The molecule has 0 aliphatic carbocycles. The van der Waals surface area contributed by atoms with Crippen LogP contribution in [0.4, 0.5) is 4.39 Å². The van der Waals surface area contributed by atoms with Gasteiger partial charge in [-0.15, -0.1) is 0 Å². The maximum Gasteiger partial charge on any atom is 0.256 e. The molecule has 0 aromatic heterocycles. The molecule has 2 heterocycles. The van der Waals surface area contributed by atoms with Crippen LogP contribution < -0.4 is 0 Å². The Morgan fingerprint density at radius 2 is 1.50 bits per heavy atom. The molecule has 4 nitrogen and oxygen atoms in total. The Morgan fingerprint density at radius 1 is 0.821 bits per heavy atom. The lowest BCUT2D eigenvalue weighted by Gasteiger charge is -2.30. The van der Waals surface area contributed by atoms with E-state index in [1.165, 1.54) is 12.1 Å². The van der Waals surface area contributed by atoms with E-state index in [1.54, 1.807) is 17.0 Å². The maximum atomic E-state index is 14.1. The van der Waals surface area contributed by atoms with E-state index in [0.29, 0.717) is 13.1 Å². The fourth-order valence-electron chi connectivity index (χ4n) is 4.41. The molecule has 2 unspecified atom stereocenters. The third-order valence-electron chi connectivity index (χ3n) is 5.92. The molecule has 0 radical (unpaired) electrons. The zero-order chi connectivity index (χ0) is 19.5. The number of likely N-dealkylation sites (tertiary alicyclic amines) is 2. The minimum atomic E-state index is -0.519. The summed E-state index contributed by atoms with van der Waals surface area (Å²) in [7, 11) is 0. The summed E-state index contributed by atoms with van der Waals surface area (Å²) >= 11 is 0. The molecule has 2 saturated heterocycles. The number of benzene rings is 2. The summed E-state index contributed by atoms with van der Waals surface area (Å²) in [5, 5.41) is 0. The van der Waals surface area contributed by atoms with Gasteiger partial charge in [-0.05, 0) is 37.0 Å². The second kappa shape index (κ2) is 8.13. The van der Waals surface area contributed by atoms with E-state index in [4.69, 9.17) is 0 Å². The number of hydrogen-bond acceptors (Lipinski definition) is 2. The van der Waals surface area contributed by atoms with Gasteiger partial charge in [-0.25, -0.2) is 4.39 Å². The summed E-state index contributed by atoms with van der Waals surface area (Å²) in [4.78, 5) is 29.8. The quantitative estimate of drug-likeness (QED) is 0.815. The van der Waals surface area contributed by atoms with Crippen molar-refractivity contribution in [3.05, 3.63) is 71.5 Å². The van der Waals surface area contributed by atoms with E-state index in [9.17, 15) is 14.0 Å². The molecule has 2 aliphatic heterocycles. The van der Waals surface area contributed by atoms with Gasteiger partial charge in [0, 0.05) is 32.1 Å². The second-order valence-electron chi connectivity index (χ2n) is 7.70. The molecule has 146 valence electrons. The van der Waals surface area contributed by atoms with Crippen molar-refractivity contribution in [2.45, 2.75) is 25.2 Å². The van der Waals surface area contributed by atoms with Crippen molar-refractivity contribution in [2.75, 3.05) is 26.2 Å². The Balaban J connectivity index is 1.60. The molecule has 28 heavy (non-hydrogen) atoms. The molecule has 2 aromatic rings. The van der Waals surface area contributed by atoms with Crippen molar-refractivity contribution in [3.63, 3.8) is 0 Å². The minimum absolute atomic E-state index is 0.0636. The van der Waals surface area contributed by atoms with Crippen molar-refractivity contribution >= 4 is 11.8 Å². The van der Waals surface area contributed by atoms with Gasteiger partial charge in [-0.3, -0.25) is 9.59 Å². The summed E-state index contributed by atoms with van der Waals surface area (Å²) < 4.78 is 14.1. The summed E-state index contributed by atoms with van der Waals surface area (Å²) in [6, 6.07) is 15.9. The van der Waals surface area contributed by atoms with Gasteiger partial charge in [0.2, 0.25) is 5.91 Å². The number of nitrogens with zero attached hydrogens (tertiary/aromatic N) is 2. The van der Waals surface area contributed by atoms with Crippen LogP contribution in [-0.4, -0.2) is 47.8 Å². The highest BCUT2D eigenvalue weighted by atomic mass is 19.1. The van der Waals surface area contributed by atoms with E-state index in [2.05, 4.69) is 0 Å². The zero-order valence-corrected chi connectivity index (χ0v) is 15.9. The third-order valence-corrected chi connectivity index (χ3v) is 5.92. The van der Waals surface area contributed by atoms with Gasteiger partial charge in [-0.1, -0.05) is 42.5 Å². The molecular weight excluding hydrogens is 355 g/mol. The number of carbonyl (C=O) groups is 2. The molecule has 2 fully saturated rings. The van der Waals surface area contributed by atoms with Crippen molar-refractivity contribution in [3.8, 4) is 0 Å². The smallest absolute Gasteiger partial charge is 0.256 e. The molecule has 0 saturated carbocycles. The van der Waals surface area contributed by atoms with Crippen molar-refractivity contribution in [1.29, 1.82) is 0 Å². The molecule has 0 bridgehead atoms. The first-order valence-corrected chi connectivity index (χ1v) is 10.0. The van der Waals surface area contributed by atoms with Crippen LogP contribution in [0.15, 0.2) is 54.6 Å². The largest absolute Gasteiger partial charge is 0.342 e. The lowest BCUT2D eigenvalue weighted by atomic mass is 9.87. The van der Waals surface area contributed by atoms with Crippen LogP contribution in [0.5, 0.6) is 0 Å². The molecule has 2 atom stereocenters. The lowest BCUT2D eigenvalue weighted by Crippen LogP contribution is -2.42. The monoisotopic (exact) mass is 380 g/mol. The number of amides is 2. The normalized spacial score (nSPS) is 22.3. The number of halogens is 1. The first-order valence-electron chi connectivity index (χ1n) is 10.0. The van der Waals surface area contributed by atoms with Crippen LogP contribution in [0.1, 0.15) is 41.1 Å². The average Bonchev–Trinajstić information content (AvgIpc) is 3.20. The number of carbonyl (C=O) groups excluding carboxylic acids is 2. The van der Waals surface area contributed by atoms with E-state index in [0.717, 1.165) is 37.9 Å². The minimum Gasteiger partial charge on any atom is -0.342 e. The molecule has 0 N–H and O–H groups in total. The number of hydrogen-bond donors (Lipinski definition) is 0. The number of rotatable bonds is 3. The Bertz CT molecular complexity index is 849. The lowest BCUT2D eigenvalue weighted by molar-refractivity contribution is -0.136. The van der Waals surface area contributed by atoms with Crippen LogP contribution in [0.2, 0.25) is 0 Å². The Morgan fingerprint density at radius 3 is 2.21 bits per heavy atom. The second-order valence-corrected chi connectivity index (χ2v) is 7.70. The van der Waals surface area contributed by atoms with Crippen molar-refractivity contribution in [2.24, 2.45) is 5.92 Å². The third kappa shape index (κ3) is 3.66. The van der Waals surface area contributed by atoms with Crippen molar-refractivity contribution < 1.29 is 14.0 Å². The topological polar surface area (TPSA) is 40.6 Å². The Kier molecular flexibility index (Phi) is 5.42. The SMILES string of the molecule is O=C(c1ccccc1F)N1CC(C(=O)N2CCCCC2)C(c2ccccc2)C1. The van der Waals surface area contributed by atoms with Crippen LogP contribution >= 0.6 is 0 Å². The van der Waals surface area contributed by atoms with E-state index in [1.807, 2.05) is 35.2 Å². The highest BCUT2D eigenvalue weighted by molar-refractivity contribution is 5.95. The molecule has 2 aromatic carbocycles. The van der Waals surface area contributed by atoms with Gasteiger partial charge in [0.15, 0.2) is 0 Å². The van der Waals surface area contributed by atoms with Gasteiger partial charge in [0.25, 0.3) is 5.91 Å². The summed E-state index contributed by atoms with van der Waals surface area (Å²) in [5.41, 5.74) is 1.13. The van der Waals surface area contributed by atoms with Gasteiger partial charge < -0.3 is 9.80 Å². The van der Waals surface area contributed by atoms with Crippen LogP contribution in [0.25, 0.3) is 0 Å². The van der Waals surface area contributed by atoms with Crippen LogP contribution in [0.3, 0.4) is 0 Å². The summed E-state index contributed by atoms with van der Waals surface area (Å²) in [6.07, 6.45) is 3.23. The van der Waals surface area contributed by atoms with Crippen LogP contribution in [-0.2, 0) is 4.79 Å². The molecule has 2 amide bonds. The van der Waals surface area contributed by atoms with E-state index in [-0.39, 0.29) is 29.2 Å². The predicted molar refractivity (Wildman–Crippen MR) is 105 cm³/mol. The fraction of sp³-hybridized carbons (Fsp3) is 0.391. The maximum absolute atomic E-state index is 14.1. The number of piperidine rings is 1. The van der Waals surface area contributed by atoms with Crippen molar-refractivity contribution in [1.82, 2.24) is 9.80 Å². The molecule has 0 spiro atoms. The predicted octanol–water partition coefficient (Wildman–Crippen LogP) is 3.69. The van der Waals surface area contributed by atoms with Gasteiger partial charge in [-0.2, -0.15) is 0 Å². The highest BCUT2D eigenvalue weighted by Gasteiger charge is 2.42. The first-order chi connectivity index (χ1) is 13.6. The molecule has 5 heteroatoms. The van der Waals surface area contributed by atoms with E-state index < -0.39 is 5.82 Å². The molecule has 4 rings (SSSR count).